The first kappa shape index (κ1) is 13.2. The van der Waals surface area contributed by atoms with Crippen molar-refractivity contribution in [2.75, 3.05) is 0 Å². The maximum absolute atomic E-state index is 4.51. The Bertz CT molecular complexity index is 651. The van der Waals surface area contributed by atoms with Crippen molar-refractivity contribution in [3.8, 4) is 10.6 Å². The zero-order valence-electron chi connectivity index (χ0n) is 11.5. The molecule has 0 amide bonds. The summed E-state index contributed by atoms with van der Waals surface area (Å²) in [6.45, 7) is 3.88. The van der Waals surface area contributed by atoms with Gasteiger partial charge in [0.05, 0.1) is 0 Å². The third-order valence-corrected chi connectivity index (χ3v) is 4.26. The fraction of sp³-hybridized carbons (Fsp3) is 0.176. The van der Waals surface area contributed by atoms with Crippen molar-refractivity contribution in [2.24, 2.45) is 0 Å². The molecular weight excluding hydrogens is 264 g/mol. The van der Waals surface area contributed by atoms with Crippen LogP contribution in [0.15, 0.2) is 54.7 Å². The molecule has 0 unspecified atom stereocenters. The van der Waals surface area contributed by atoms with Gasteiger partial charge in [-0.3, -0.25) is 0 Å². The van der Waals surface area contributed by atoms with E-state index in [1.165, 1.54) is 21.6 Å². The van der Waals surface area contributed by atoms with Crippen molar-refractivity contribution < 1.29 is 0 Å². The van der Waals surface area contributed by atoms with Crippen LogP contribution in [0.2, 0.25) is 0 Å². The van der Waals surface area contributed by atoms with Gasteiger partial charge in [-0.15, -0.1) is 11.3 Å². The molecule has 0 aliphatic carbocycles. The summed E-state index contributed by atoms with van der Waals surface area (Å²) in [5.41, 5.74) is 3.80. The molecule has 0 aliphatic rings. The fourth-order valence-corrected chi connectivity index (χ4v) is 2.97. The van der Waals surface area contributed by atoms with E-state index >= 15 is 0 Å². The van der Waals surface area contributed by atoms with E-state index in [1.54, 1.807) is 11.3 Å². The van der Waals surface area contributed by atoms with Crippen LogP contribution in [0.4, 0.5) is 0 Å². The van der Waals surface area contributed by atoms with Gasteiger partial charge in [0.1, 0.15) is 5.01 Å². The minimum absolute atomic E-state index is 0.870. The number of aromatic nitrogens is 1. The molecule has 0 radical (unpaired) electrons. The summed E-state index contributed by atoms with van der Waals surface area (Å²) in [4.78, 5) is 5.78. The van der Waals surface area contributed by atoms with Crippen molar-refractivity contribution in [1.82, 2.24) is 10.3 Å². The molecule has 1 N–H and O–H groups in total. The van der Waals surface area contributed by atoms with E-state index < -0.39 is 0 Å². The normalized spacial score (nSPS) is 10.8. The topological polar surface area (TPSA) is 24.9 Å². The molecule has 1 aromatic heterocycles. The van der Waals surface area contributed by atoms with Gasteiger partial charge in [0.15, 0.2) is 0 Å². The molecule has 0 bridgehead atoms. The average molecular weight is 281 g/mol. The summed E-state index contributed by atoms with van der Waals surface area (Å²) < 4.78 is 0. The summed E-state index contributed by atoms with van der Waals surface area (Å²) in [5, 5.41) is 4.54. The Morgan fingerprint density at radius 3 is 2.75 bits per heavy atom. The Labute approximate surface area is 123 Å². The van der Waals surface area contributed by atoms with Crippen LogP contribution in [0.3, 0.4) is 0 Å². The second-order valence-corrected chi connectivity index (χ2v) is 6.01. The number of hydrogen-bond donors (Lipinski definition) is 1. The van der Waals surface area contributed by atoms with Gasteiger partial charge >= 0.3 is 0 Å². The van der Waals surface area contributed by atoms with Gasteiger partial charge in [0, 0.05) is 23.2 Å². The number of benzene rings is 1. The van der Waals surface area contributed by atoms with Crippen LogP contribution in [-0.4, -0.2) is 4.98 Å². The minimum atomic E-state index is 0.870. The Kier molecular flexibility index (Phi) is 4.00. The highest BCUT2D eigenvalue weighted by molar-refractivity contribution is 7.15. The molecule has 1 heterocycles. The van der Waals surface area contributed by atoms with Crippen molar-refractivity contribution in [1.29, 1.82) is 0 Å². The lowest BCUT2D eigenvalue weighted by atomic mass is 10.2. The zero-order chi connectivity index (χ0) is 13.8. The summed E-state index contributed by atoms with van der Waals surface area (Å²) in [5.74, 6) is 0. The smallest absolute Gasteiger partial charge is 0.123 e. The predicted octanol–water partition coefficient (Wildman–Crippen LogP) is 4.13. The van der Waals surface area contributed by atoms with Gasteiger partial charge in [-0.1, -0.05) is 29.8 Å². The van der Waals surface area contributed by atoms with Crippen LogP contribution in [0.5, 0.6) is 0 Å². The molecule has 0 fully saturated rings. The van der Waals surface area contributed by atoms with Crippen LogP contribution >= 0.6 is 11.3 Å². The number of thiazole rings is 1. The molecule has 3 aromatic rings. The maximum atomic E-state index is 4.51. The second kappa shape index (κ2) is 6.07. The molecule has 0 spiro atoms. The molecule has 20 heavy (non-hydrogen) atoms. The third-order valence-electron chi connectivity index (χ3n) is 3.21. The van der Waals surface area contributed by atoms with Gasteiger partial charge in [-0.05, 0) is 13.5 Å². The van der Waals surface area contributed by atoms with E-state index in [1.807, 2.05) is 6.20 Å². The maximum Gasteiger partial charge on any atom is 0.123 e. The van der Waals surface area contributed by atoms with Crippen LogP contribution < -0.4 is 5.32 Å². The van der Waals surface area contributed by atoms with Crippen LogP contribution in [-0.2, 0) is 13.1 Å². The summed E-state index contributed by atoms with van der Waals surface area (Å²) in [6, 6.07) is 16.9. The van der Waals surface area contributed by atoms with Gasteiger partial charge in [-0.2, -0.15) is 23.8 Å². The molecule has 0 aliphatic heterocycles. The van der Waals surface area contributed by atoms with E-state index in [-0.39, 0.29) is 0 Å². The second-order valence-electron chi connectivity index (χ2n) is 4.89. The average Bonchev–Trinajstić information content (AvgIpc) is 3.11. The lowest BCUT2D eigenvalue weighted by Gasteiger charge is -2.05. The molecule has 2 nitrogen and oxygen atoms in total. The predicted molar refractivity (Wildman–Crippen MR) is 84.9 cm³/mol. The number of rotatable bonds is 5. The van der Waals surface area contributed by atoms with E-state index in [0.717, 1.165) is 18.1 Å². The van der Waals surface area contributed by atoms with Gasteiger partial charge in [0.2, 0.25) is 0 Å². The summed E-state index contributed by atoms with van der Waals surface area (Å²) in [7, 11) is 0. The number of hydrogen-bond acceptors (Lipinski definition) is 3. The first-order chi connectivity index (χ1) is 9.81. The molecule has 3 rings (SSSR count). The molecule has 0 saturated carbocycles. The highest BCUT2D eigenvalue weighted by Crippen LogP contribution is 2.25. The molecule has 0 saturated heterocycles. The van der Waals surface area contributed by atoms with E-state index in [2.05, 4.69) is 65.8 Å². The Balaban J connectivity index is 1.60. The molecule has 2 aromatic carbocycles. The first-order valence-electron chi connectivity index (χ1n) is 6.74. The molecule has 102 valence electrons. The number of aryl methyl sites for hydroxylation is 1. The molecular formula is C17H17N2S-. The SMILES string of the molecule is Cc1ccc(-c2ncc(CNCc3cc[cH-]c3)s2)cc1. The van der Waals surface area contributed by atoms with E-state index in [9.17, 15) is 0 Å². The van der Waals surface area contributed by atoms with E-state index in [0.29, 0.717) is 0 Å². The van der Waals surface area contributed by atoms with Crippen LogP contribution in [0.1, 0.15) is 16.0 Å². The van der Waals surface area contributed by atoms with Crippen molar-refractivity contribution in [2.45, 2.75) is 20.0 Å². The summed E-state index contributed by atoms with van der Waals surface area (Å²) >= 11 is 1.76. The Morgan fingerprint density at radius 2 is 2.00 bits per heavy atom. The van der Waals surface area contributed by atoms with Gasteiger partial charge in [0.25, 0.3) is 0 Å². The van der Waals surface area contributed by atoms with Crippen LogP contribution in [0.25, 0.3) is 10.6 Å². The molecule has 3 heteroatoms. The largest absolute Gasteiger partial charge is 0.320 e. The van der Waals surface area contributed by atoms with Gasteiger partial charge < -0.3 is 5.32 Å². The number of nitrogens with one attached hydrogen (secondary N) is 1. The highest BCUT2D eigenvalue weighted by Gasteiger charge is 2.03. The zero-order valence-corrected chi connectivity index (χ0v) is 12.3. The third kappa shape index (κ3) is 3.18. The Hall–Kier alpha value is -1.84. The van der Waals surface area contributed by atoms with Crippen molar-refractivity contribution in [3.63, 3.8) is 0 Å². The monoisotopic (exact) mass is 281 g/mol. The number of nitrogens with zero attached hydrogens (tertiary/aromatic N) is 1. The lowest BCUT2D eigenvalue weighted by molar-refractivity contribution is 0.701. The molecule has 0 atom stereocenters. The minimum Gasteiger partial charge on any atom is -0.320 e. The first-order valence-corrected chi connectivity index (χ1v) is 7.56. The Morgan fingerprint density at radius 1 is 1.15 bits per heavy atom. The van der Waals surface area contributed by atoms with Gasteiger partial charge in [-0.25, -0.2) is 11.1 Å². The fourth-order valence-electron chi connectivity index (χ4n) is 2.08. The highest BCUT2D eigenvalue weighted by atomic mass is 32.1. The van der Waals surface area contributed by atoms with E-state index in [4.69, 9.17) is 0 Å². The standard InChI is InChI=1S/C17H17N2S/c1-13-6-8-15(9-7-13)17-19-12-16(20-17)11-18-10-14-4-2-3-5-14/h2-9,12,18H,10-11H2,1H3/q-1. The van der Waals surface area contributed by atoms with Crippen molar-refractivity contribution >= 4 is 11.3 Å². The van der Waals surface area contributed by atoms with Crippen LogP contribution in [0, 0.1) is 6.92 Å². The van der Waals surface area contributed by atoms with Crippen molar-refractivity contribution in [3.05, 3.63) is 70.7 Å². The quantitative estimate of drug-likeness (QED) is 0.711. The lowest BCUT2D eigenvalue weighted by Crippen LogP contribution is -2.10. The summed E-state index contributed by atoms with van der Waals surface area (Å²) in [6.07, 6.45) is 1.97.